The number of hydrogen-bond acceptors (Lipinski definition) is 3. The highest BCUT2D eigenvalue weighted by molar-refractivity contribution is 6.32. The molecule has 0 bridgehead atoms. The lowest BCUT2D eigenvalue weighted by Crippen LogP contribution is -2.28. The predicted octanol–water partition coefficient (Wildman–Crippen LogP) is 2.92. The summed E-state index contributed by atoms with van der Waals surface area (Å²) in [6.07, 6.45) is 2.17. The van der Waals surface area contributed by atoms with Crippen LogP contribution in [0.1, 0.15) is 31.4 Å². The van der Waals surface area contributed by atoms with Crippen LogP contribution in [0.4, 0.5) is 0 Å². The van der Waals surface area contributed by atoms with Gasteiger partial charge < -0.3 is 15.2 Å². The summed E-state index contributed by atoms with van der Waals surface area (Å²) in [5, 5.41) is 0.616. The van der Waals surface area contributed by atoms with Crippen LogP contribution in [0, 0.1) is 0 Å². The van der Waals surface area contributed by atoms with Crippen molar-refractivity contribution < 1.29 is 9.47 Å². The molecule has 0 aromatic heterocycles. The third-order valence-corrected chi connectivity index (χ3v) is 3.19. The van der Waals surface area contributed by atoms with E-state index in [1.54, 1.807) is 0 Å². The highest BCUT2D eigenvalue weighted by Crippen LogP contribution is 2.29. The molecule has 4 heteroatoms. The lowest BCUT2D eigenvalue weighted by Gasteiger charge is -2.24. The molecule has 1 fully saturated rings. The molecule has 1 aromatic rings. The van der Waals surface area contributed by atoms with Gasteiger partial charge in [-0.1, -0.05) is 17.7 Å². The van der Waals surface area contributed by atoms with Crippen molar-refractivity contribution in [3.05, 3.63) is 28.8 Å². The Balaban J connectivity index is 2.05. The fourth-order valence-corrected chi connectivity index (χ4v) is 2.11. The van der Waals surface area contributed by atoms with E-state index in [4.69, 9.17) is 26.8 Å². The summed E-state index contributed by atoms with van der Waals surface area (Å²) in [6, 6.07) is 5.69. The number of ether oxygens (including phenoxy) is 2. The van der Waals surface area contributed by atoms with Crippen LogP contribution in [0.15, 0.2) is 18.2 Å². The summed E-state index contributed by atoms with van der Waals surface area (Å²) in [5.41, 5.74) is 6.81. The predicted molar refractivity (Wildman–Crippen MR) is 68.5 cm³/mol. The van der Waals surface area contributed by atoms with Crippen molar-refractivity contribution in [2.24, 2.45) is 5.73 Å². The Kier molecular flexibility index (Phi) is 4.26. The summed E-state index contributed by atoms with van der Waals surface area (Å²) in [6.45, 7) is 3.41. The molecule has 0 radical (unpaired) electrons. The third-order valence-electron chi connectivity index (χ3n) is 2.89. The maximum absolute atomic E-state index is 6.17. The van der Waals surface area contributed by atoms with Gasteiger partial charge in [0.05, 0.1) is 11.6 Å². The van der Waals surface area contributed by atoms with Crippen LogP contribution in [0.25, 0.3) is 0 Å². The summed E-state index contributed by atoms with van der Waals surface area (Å²) in [4.78, 5) is 0. The van der Waals surface area contributed by atoms with E-state index in [1.165, 1.54) is 0 Å². The minimum absolute atomic E-state index is 0.0143. The Bertz CT molecular complexity index is 376. The second kappa shape index (κ2) is 5.71. The normalized spacial score (nSPS) is 22.2. The Labute approximate surface area is 107 Å². The van der Waals surface area contributed by atoms with Gasteiger partial charge in [0, 0.05) is 12.6 Å². The third kappa shape index (κ3) is 3.35. The van der Waals surface area contributed by atoms with E-state index >= 15 is 0 Å². The van der Waals surface area contributed by atoms with Crippen LogP contribution in [-0.4, -0.2) is 19.3 Å². The van der Waals surface area contributed by atoms with Gasteiger partial charge in [0.2, 0.25) is 0 Å². The summed E-state index contributed by atoms with van der Waals surface area (Å²) < 4.78 is 11.2. The first-order valence-corrected chi connectivity index (χ1v) is 6.34. The van der Waals surface area contributed by atoms with Crippen molar-refractivity contribution in [3.8, 4) is 5.75 Å². The zero-order valence-corrected chi connectivity index (χ0v) is 10.7. The average molecular weight is 256 g/mol. The van der Waals surface area contributed by atoms with Crippen molar-refractivity contribution >= 4 is 11.6 Å². The number of halogens is 1. The summed E-state index contributed by atoms with van der Waals surface area (Å²) in [7, 11) is 0. The maximum Gasteiger partial charge on any atom is 0.138 e. The second-order valence-corrected chi connectivity index (χ2v) is 4.84. The minimum atomic E-state index is -0.0143. The first kappa shape index (κ1) is 12.7. The molecule has 1 aliphatic heterocycles. The van der Waals surface area contributed by atoms with Crippen molar-refractivity contribution in [2.45, 2.75) is 31.9 Å². The SMILES string of the molecule is CC(N)c1ccc(OC2CCCOC2)c(Cl)c1. The van der Waals surface area contributed by atoms with E-state index < -0.39 is 0 Å². The molecule has 0 amide bonds. The zero-order chi connectivity index (χ0) is 12.3. The van der Waals surface area contributed by atoms with Crippen LogP contribution in [0.5, 0.6) is 5.75 Å². The lowest BCUT2D eigenvalue weighted by molar-refractivity contribution is 0.00746. The van der Waals surface area contributed by atoms with E-state index in [1.807, 2.05) is 25.1 Å². The molecule has 1 aliphatic rings. The Hall–Kier alpha value is -0.770. The van der Waals surface area contributed by atoms with Crippen LogP contribution in [0.3, 0.4) is 0 Å². The summed E-state index contributed by atoms with van der Waals surface area (Å²) in [5.74, 6) is 0.714. The van der Waals surface area contributed by atoms with E-state index in [9.17, 15) is 0 Å². The Morgan fingerprint density at radius 1 is 1.53 bits per heavy atom. The molecular formula is C13H18ClNO2. The van der Waals surface area contributed by atoms with Crippen LogP contribution < -0.4 is 10.5 Å². The molecule has 17 heavy (non-hydrogen) atoms. The van der Waals surface area contributed by atoms with Gasteiger partial charge in [0.1, 0.15) is 11.9 Å². The van der Waals surface area contributed by atoms with E-state index in [-0.39, 0.29) is 12.1 Å². The highest BCUT2D eigenvalue weighted by Gasteiger charge is 2.17. The van der Waals surface area contributed by atoms with Gasteiger partial charge in [-0.05, 0) is 37.5 Å². The topological polar surface area (TPSA) is 44.5 Å². The molecule has 3 nitrogen and oxygen atoms in total. The fraction of sp³-hybridized carbons (Fsp3) is 0.538. The van der Waals surface area contributed by atoms with Gasteiger partial charge in [-0.2, -0.15) is 0 Å². The molecule has 0 aliphatic carbocycles. The molecule has 2 N–H and O–H groups in total. The second-order valence-electron chi connectivity index (χ2n) is 4.44. The first-order chi connectivity index (χ1) is 8.16. The standard InChI is InChI=1S/C13H18ClNO2/c1-9(15)10-4-5-13(12(14)7-10)17-11-3-2-6-16-8-11/h4-5,7,9,11H,2-3,6,8,15H2,1H3. The average Bonchev–Trinajstić information content (AvgIpc) is 2.33. The van der Waals surface area contributed by atoms with Gasteiger partial charge in [-0.25, -0.2) is 0 Å². The minimum Gasteiger partial charge on any atom is -0.486 e. The van der Waals surface area contributed by atoms with Crippen molar-refractivity contribution in [3.63, 3.8) is 0 Å². The quantitative estimate of drug-likeness (QED) is 0.903. The highest BCUT2D eigenvalue weighted by atomic mass is 35.5. The van der Waals surface area contributed by atoms with Crippen LogP contribution in [-0.2, 0) is 4.74 Å². The monoisotopic (exact) mass is 255 g/mol. The van der Waals surface area contributed by atoms with Crippen molar-refractivity contribution in [1.29, 1.82) is 0 Å². The molecule has 2 unspecified atom stereocenters. The number of hydrogen-bond donors (Lipinski definition) is 1. The molecule has 0 saturated carbocycles. The van der Waals surface area contributed by atoms with Crippen molar-refractivity contribution in [2.75, 3.05) is 13.2 Å². The van der Waals surface area contributed by atoms with Gasteiger partial charge >= 0.3 is 0 Å². The molecule has 2 atom stereocenters. The maximum atomic E-state index is 6.17. The zero-order valence-electron chi connectivity index (χ0n) is 9.99. The molecule has 2 rings (SSSR count). The molecule has 1 heterocycles. The van der Waals surface area contributed by atoms with E-state index in [0.717, 1.165) is 25.0 Å². The molecule has 1 aromatic carbocycles. The van der Waals surface area contributed by atoms with Gasteiger partial charge in [-0.15, -0.1) is 0 Å². The van der Waals surface area contributed by atoms with Crippen LogP contribution in [0.2, 0.25) is 5.02 Å². The Morgan fingerprint density at radius 3 is 2.94 bits per heavy atom. The van der Waals surface area contributed by atoms with E-state index in [0.29, 0.717) is 17.4 Å². The van der Waals surface area contributed by atoms with Gasteiger partial charge in [0.25, 0.3) is 0 Å². The largest absolute Gasteiger partial charge is 0.486 e. The smallest absolute Gasteiger partial charge is 0.138 e. The van der Waals surface area contributed by atoms with Gasteiger partial charge in [-0.3, -0.25) is 0 Å². The number of rotatable bonds is 3. The number of nitrogens with two attached hydrogens (primary N) is 1. The fourth-order valence-electron chi connectivity index (χ4n) is 1.88. The molecular weight excluding hydrogens is 238 g/mol. The first-order valence-electron chi connectivity index (χ1n) is 5.96. The Morgan fingerprint density at radius 2 is 2.35 bits per heavy atom. The molecule has 1 saturated heterocycles. The van der Waals surface area contributed by atoms with Gasteiger partial charge in [0.15, 0.2) is 0 Å². The van der Waals surface area contributed by atoms with Crippen LogP contribution >= 0.6 is 11.6 Å². The molecule has 0 spiro atoms. The van der Waals surface area contributed by atoms with E-state index in [2.05, 4.69) is 0 Å². The lowest BCUT2D eigenvalue weighted by atomic mass is 10.1. The van der Waals surface area contributed by atoms with Crippen molar-refractivity contribution in [1.82, 2.24) is 0 Å². The summed E-state index contributed by atoms with van der Waals surface area (Å²) >= 11 is 6.17. The molecule has 94 valence electrons. The number of benzene rings is 1.